The molecule has 0 fully saturated rings. The van der Waals surface area contributed by atoms with E-state index in [0.717, 1.165) is 39.6 Å². The lowest BCUT2D eigenvalue weighted by Gasteiger charge is -2.14. The number of aliphatic hydroxyl groups is 1. The maximum Gasteiger partial charge on any atom is 0.258 e. The Hall–Kier alpha value is -3.72. The number of aryl methyl sites for hydroxylation is 1. The Balaban J connectivity index is 1.61. The van der Waals surface area contributed by atoms with E-state index in [2.05, 4.69) is 10.6 Å². The molecule has 0 aliphatic heterocycles. The summed E-state index contributed by atoms with van der Waals surface area (Å²) >= 11 is 0. The number of hydrogen-bond acceptors (Lipinski definition) is 7. The number of aromatic nitrogens is 2. The highest BCUT2D eigenvalue weighted by Gasteiger charge is 2.29. The van der Waals surface area contributed by atoms with Crippen molar-refractivity contribution in [2.45, 2.75) is 20.3 Å². The summed E-state index contributed by atoms with van der Waals surface area (Å²) < 4.78 is 19.0. The summed E-state index contributed by atoms with van der Waals surface area (Å²) in [5.74, 6) is 2.36. The minimum atomic E-state index is -0.306. The number of fused-ring (bicyclic) bond motifs is 3. The van der Waals surface area contributed by atoms with Gasteiger partial charge in [0.15, 0.2) is 23.9 Å². The Morgan fingerprint density at radius 2 is 1.91 bits per heavy atom. The van der Waals surface area contributed by atoms with E-state index >= 15 is 0 Å². The van der Waals surface area contributed by atoms with Crippen molar-refractivity contribution >= 4 is 17.4 Å². The molecule has 1 aliphatic carbocycles. The van der Waals surface area contributed by atoms with E-state index in [9.17, 15) is 4.79 Å². The zero-order valence-corrected chi connectivity index (χ0v) is 19.7. The van der Waals surface area contributed by atoms with Gasteiger partial charge in [-0.3, -0.25) is 9.48 Å². The van der Waals surface area contributed by atoms with Crippen LogP contribution in [0.3, 0.4) is 0 Å². The van der Waals surface area contributed by atoms with Gasteiger partial charge in [-0.2, -0.15) is 5.10 Å². The molecule has 180 valence electrons. The van der Waals surface area contributed by atoms with Crippen LogP contribution in [0.2, 0.25) is 0 Å². The van der Waals surface area contributed by atoms with Crippen molar-refractivity contribution < 1.29 is 24.1 Å². The van der Waals surface area contributed by atoms with E-state index in [0.29, 0.717) is 31.1 Å². The molecule has 0 bridgehead atoms. The van der Waals surface area contributed by atoms with Crippen LogP contribution in [0, 0.1) is 0 Å². The van der Waals surface area contributed by atoms with Gasteiger partial charge in [-0.25, -0.2) is 0 Å². The summed E-state index contributed by atoms with van der Waals surface area (Å²) in [7, 11) is 1.91. The average Bonchev–Trinajstić information content (AvgIpc) is 3.33. The minimum Gasteiger partial charge on any atom is -0.494 e. The van der Waals surface area contributed by atoms with Crippen LogP contribution in [0.25, 0.3) is 11.3 Å². The maximum absolute atomic E-state index is 12.0. The van der Waals surface area contributed by atoms with Crippen LogP contribution in [-0.4, -0.2) is 53.8 Å². The SMILES string of the molecule is CCOc1cccc(Nc2nn(C)c3c2Cc2cc(OCC)c(OCC(=O)NCCO)cc2-3)c1. The number of carbonyl (C=O) groups excluding carboxylic acids is 1. The van der Waals surface area contributed by atoms with Crippen molar-refractivity contribution in [1.29, 1.82) is 0 Å². The molecule has 4 rings (SSSR count). The molecular weight excluding hydrogens is 436 g/mol. The van der Waals surface area contributed by atoms with Crippen LogP contribution in [0.5, 0.6) is 17.2 Å². The zero-order chi connectivity index (χ0) is 24.1. The Morgan fingerprint density at radius 1 is 1.12 bits per heavy atom. The van der Waals surface area contributed by atoms with Crippen LogP contribution in [-0.2, 0) is 18.3 Å². The fourth-order valence-electron chi connectivity index (χ4n) is 4.07. The van der Waals surface area contributed by atoms with Gasteiger partial charge in [0.05, 0.1) is 25.5 Å². The number of rotatable bonds is 11. The van der Waals surface area contributed by atoms with E-state index in [-0.39, 0.29) is 25.7 Å². The van der Waals surface area contributed by atoms with E-state index in [1.807, 2.05) is 62.0 Å². The number of anilines is 2. The third kappa shape index (κ3) is 4.94. The number of amides is 1. The van der Waals surface area contributed by atoms with Crippen LogP contribution < -0.4 is 24.8 Å². The van der Waals surface area contributed by atoms with Gasteiger partial charge in [-0.05, 0) is 43.7 Å². The molecule has 1 aliphatic rings. The van der Waals surface area contributed by atoms with Gasteiger partial charge in [0, 0.05) is 42.9 Å². The molecular formula is C25H30N4O5. The zero-order valence-electron chi connectivity index (χ0n) is 19.7. The third-order valence-electron chi connectivity index (χ3n) is 5.44. The summed E-state index contributed by atoms with van der Waals surface area (Å²) in [5.41, 5.74) is 5.08. The molecule has 9 heteroatoms. The summed E-state index contributed by atoms with van der Waals surface area (Å²) in [5, 5.41) is 19.6. The molecule has 34 heavy (non-hydrogen) atoms. The topological polar surface area (TPSA) is 107 Å². The Bertz CT molecular complexity index is 1170. The molecule has 2 aromatic carbocycles. The van der Waals surface area contributed by atoms with Crippen molar-refractivity contribution in [3.8, 4) is 28.5 Å². The standard InChI is InChI=1S/C25H30N4O5/c1-4-32-18-8-6-7-17(13-18)27-25-20-11-16-12-21(33-5-2)22(34-15-23(31)26-9-10-30)14-19(16)24(20)29(3)28-25/h6-8,12-14,30H,4-5,9-11,15H2,1-3H3,(H,26,31)(H,27,28). The van der Waals surface area contributed by atoms with E-state index in [1.54, 1.807) is 0 Å². The monoisotopic (exact) mass is 466 g/mol. The first kappa shape index (κ1) is 23.4. The summed E-state index contributed by atoms with van der Waals surface area (Å²) in [6, 6.07) is 11.7. The molecule has 0 saturated heterocycles. The lowest BCUT2D eigenvalue weighted by Crippen LogP contribution is -2.31. The predicted molar refractivity (Wildman–Crippen MR) is 129 cm³/mol. The van der Waals surface area contributed by atoms with Crippen LogP contribution in [0.15, 0.2) is 36.4 Å². The van der Waals surface area contributed by atoms with Gasteiger partial charge in [0.25, 0.3) is 5.91 Å². The van der Waals surface area contributed by atoms with Crippen molar-refractivity contribution in [3.05, 3.63) is 47.5 Å². The van der Waals surface area contributed by atoms with Crippen LogP contribution in [0.4, 0.5) is 11.5 Å². The molecule has 0 saturated carbocycles. The largest absolute Gasteiger partial charge is 0.494 e. The van der Waals surface area contributed by atoms with Gasteiger partial charge < -0.3 is 30.0 Å². The van der Waals surface area contributed by atoms with Crippen molar-refractivity contribution in [1.82, 2.24) is 15.1 Å². The molecule has 1 heterocycles. The summed E-state index contributed by atoms with van der Waals surface area (Å²) in [6.07, 6.45) is 0.698. The number of nitrogens with one attached hydrogen (secondary N) is 2. The molecule has 9 nitrogen and oxygen atoms in total. The van der Waals surface area contributed by atoms with Crippen molar-refractivity contribution in [3.63, 3.8) is 0 Å². The number of benzene rings is 2. The molecule has 0 radical (unpaired) electrons. The Morgan fingerprint density at radius 3 is 2.68 bits per heavy atom. The highest BCUT2D eigenvalue weighted by molar-refractivity contribution is 5.82. The van der Waals surface area contributed by atoms with E-state index in [1.165, 1.54) is 0 Å². The van der Waals surface area contributed by atoms with Crippen LogP contribution in [0.1, 0.15) is 25.0 Å². The van der Waals surface area contributed by atoms with Gasteiger partial charge in [-0.15, -0.1) is 0 Å². The Kier molecular flexibility index (Phi) is 7.22. The van der Waals surface area contributed by atoms with Gasteiger partial charge in [-0.1, -0.05) is 6.07 Å². The van der Waals surface area contributed by atoms with Gasteiger partial charge in [0.1, 0.15) is 5.75 Å². The smallest absolute Gasteiger partial charge is 0.258 e. The number of aliphatic hydroxyl groups excluding tert-OH is 1. The predicted octanol–water partition coefficient (Wildman–Crippen LogP) is 3.02. The third-order valence-corrected chi connectivity index (χ3v) is 5.44. The average molecular weight is 467 g/mol. The first-order valence-corrected chi connectivity index (χ1v) is 11.4. The number of hydrogen-bond donors (Lipinski definition) is 3. The first-order valence-electron chi connectivity index (χ1n) is 11.4. The number of nitrogens with zero attached hydrogens (tertiary/aromatic N) is 2. The quantitative estimate of drug-likeness (QED) is 0.312. The van der Waals surface area contributed by atoms with Gasteiger partial charge >= 0.3 is 0 Å². The summed E-state index contributed by atoms with van der Waals surface area (Å²) in [6.45, 7) is 4.84. The summed E-state index contributed by atoms with van der Waals surface area (Å²) in [4.78, 5) is 12.0. The number of ether oxygens (including phenoxy) is 3. The fourth-order valence-corrected chi connectivity index (χ4v) is 4.07. The highest BCUT2D eigenvalue weighted by Crippen LogP contribution is 2.45. The molecule has 0 spiro atoms. The Labute approximate surface area is 198 Å². The fraction of sp³-hybridized carbons (Fsp3) is 0.360. The first-order chi connectivity index (χ1) is 16.5. The molecule has 1 aromatic heterocycles. The van der Waals surface area contributed by atoms with Crippen molar-refractivity contribution in [2.24, 2.45) is 7.05 Å². The van der Waals surface area contributed by atoms with Gasteiger partial charge in [0.2, 0.25) is 0 Å². The lowest BCUT2D eigenvalue weighted by atomic mass is 10.1. The number of carbonyl (C=O) groups is 1. The maximum atomic E-state index is 12.0. The second-order valence-electron chi connectivity index (χ2n) is 7.81. The normalized spacial score (nSPS) is 11.5. The molecule has 0 unspecified atom stereocenters. The second-order valence-corrected chi connectivity index (χ2v) is 7.81. The van der Waals surface area contributed by atoms with E-state index in [4.69, 9.17) is 24.4 Å². The highest BCUT2D eigenvalue weighted by atomic mass is 16.5. The van der Waals surface area contributed by atoms with Crippen LogP contribution >= 0.6 is 0 Å². The van der Waals surface area contributed by atoms with Crippen molar-refractivity contribution in [2.75, 3.05) is 38.3 Å². The lowest BCUT2D eigenvalue weighted by molar-refractivity contribution is -0.123. The molecule has 3 N–H and O–H groups in total. The molecule has 0 atom stereocenters. The molecule has 3 aromatic rings. The molecule has 1 amide bonds. The minimum absolute atomic E-state index is 0.121. The second kappa shape index (κ2) is 10.5. The van der Waals surface area contributed by atoms with E-state index < -0.39 is 0 Å².